The zero-order chi connectivity index (χ0) is 13.3. The summed E-state index contributed by atoms with van der Waals surface area (Å²) < 4.78 is 0. The molecule has 2 N–H and O–H groups in total. The lowest BCUT2D eigenvalue weighted by atomic mass is 9.72. The van der Waals surface area contributed by atoms with Crippen molar-refractivity contribution in [3.63, 3.8) is 0 Å². The van der Waals surface area contributed by atoms with Crippen LogP contribution in [-0.4, -0.2) is 11.1 Å². The summed E-state index contributed by atoms with van der Waals surface area (Å²) in [6.07, 6.45) is 7.20. The Kier molecular flexibility index (Phi) is 8.23. The number of nitrogens with one attached hydrogen (secondary N) is 1. The van der Waals surface area contributed by atoms with Crippen molar-refractivity contribution >= 4 is 5.91 Å². The van der Waals surface area contributed by atoms with Gasteiger partial charge in [-0.2, -0.15) is 0 Å². The average molecular weight is 243 g/mol. The molecular weight excluding hydrogens is 214 g/mol. The second-order valence-corrected chi connectivity index (χ2v) is 5.05. The fourth-order valence-electron chi connectivity index (χ4n) is 2.57. The van der Waals surface area contributed by atoms with Crippen LogP contribution in [-0.2, 0) is 4.79 Å². The number of carbonyl (C=O) groups excluding carboxylic acids is 1. The van der Waals surface area contributed by atoms with Crippen LogP contribution in [0.3, 0.4) is 0 Å². The molecule has 0 radical (unpaired) electrons. The highest BCUT2D eigenvalue weighted by Gasteiger charge is 2.36. The number of amides is 1. The van der Waals surface area contributed by atoms with E-state index in [1.54, 1.807) is 0 Å². The Balaban J connectivity index is 4.65. The second kappa shape index (κ2) is 8.51. The number of rotatable bonds is 9. The number of hydrogen-bond donors (Lipinski definition) is 2. The SMILES string of the molecule is CCCCC(CC)CC(CC)(CC)C(=O)NO. The summed E-state index contributed by atoms with van der Waals surface area (Å²) in [5.41, 5.74) is 1.47. The molecule has 0 saturated heterocycles. The van der Waals surface area contributed by atoms with Gasteiger partial charge in [-0.25, -0.2) is 5.48 Å². The third kappa shape index (κ3) is 4.66. The van der Waals surface area contributed by atoms with Gasteiger partial charge in [0.15, 0.2) is 0 Å². The molecule has 0 aromatic rings. The van der Waals surface area contributed by atoms with Crippen LogP contribution in [0.1, 0.15) is 72.6 Å². The molecule has 0 aliphatic heterocycles. The molecule has 1 amide bonds. The molecule has 0 aliphatic rings. The molecule has 102 valence electrons. The van der Waals surface area contributed by atoms with Crippen LogP contribution < -0.4 is 5.48 Å². The van der Waals surface area contributed by atoms with E-state index in [0.29, 0.717) is 5.92 Å². The molecule has 3 heteroatoms. The van der Waals surface area contributed by atoms with Gasteiger partial charge in [-0.15, -0.1) is 0 Å². The Morgan fingerprint density at radius 3 is 2.18 bits per heavy atom. The molecule has 17 heavy (non-hydrogen) atoms. The van der Waals surface area contributed by atoms with E-state index in [4.69, 9.17) is 5.21 Å². The molecule has 0 aliphatic carbocycles. The third-order valence-corrected chi connectivity index (χ3v) is 4.16. The van der Waals surface area contributed by atoms with E-state index in [9.17, 15) is 4.79 Å². The second-order valence-electron chi connectivity index (χ2n) is 5.05. The Labute approximate surface area is 106 Å². The maximum atomic E-state index is 11.9. The van der Waals surface area contributed by atoms with Crippen LogP contribution in [0, 0.1) is 11.3 Å². The molecule has 0 aromatic carbocycles. The van der Waals surface area contributed by atoms with E-state index in [0.717, 1.165) is 25.7 Å². The summed E-state index contributed by atoms with van der Waals surface area (Å²) in [4.78, 5) is 11.9. The quantitative estimate of drug-likeness (QED) is 0.476. The van der Waals surface area contributed by atoms with Gasteiger partial charge in [0.1, 0.15) is 0 Å². The minimum absolute atomic E-state index is 0.211. The fraction of sp³-hybridized carbons (Fsp3) is 0.929. The van der Waals surface area contributed by atoms with Gasteiger partial charge in [-0.3, -0.25) is 10.0 Å². The van der Waals surface area contributed by atoms with Crippen molar-refractivity contribution < 1.29 is 10.0 Å². The predicted octanol–water partition coefficient (Wildman–Crippen LogP) is 3.90. The smallest absolute Gasteiger partial charge is 0.249 e. The maximum Gasteiger partial charge on any atom is 0.249 e. The van der Waals surface area contributed by atoms with Crippen molar-refractivity contribution in [3.05, 3.63) is 0 Å². The van der Waals surface area contributed by atoms with Crippen LogP contribution in [0.2, 0.25) is 0 Å². The number of unbranched alkanes of at least 4 members (excludes halogenated alkanes) is 1. The lowest BCUT2D eigenvalue weighted by molar-refractivity contribution is -0.141. The van der Waals surface area contributed by atoms with Gasteiger partial charge < -0.3 is 0 Å². The highest BCUT2D eigenvalue weighted by atomic mass is 16.5. The monoisotopic (exact) mass is 243 g/mol. The highest BCUT2D eigenvalue weighted by Crippen LogP contribution is 2.37. The molecule has 1 atom stereocenters. The summed E-state index contributed by atoms with van der Waals surface area (Å²) in [5.74, 6) is 0.379. The summed E-state index contributed by atoms with van der Waals surface area (Å²) in [6.45, 7) is 8.45. The van der Waals surface area contributed by atoms with Gasteiger partial charge in [-0.05, 0) is 25.2 Å². The van der Waals surface area contributed by atoms with Crippen molar-refractivity contribution in [1.29, 1.82) is 0 Å². The Bertz CT molecular complexity index is 212. The number of hydrogen-bond acceptors (Lipinski definition) is 2. The Morgan fingerprint density at radius 2 is 1.82 bits per heavy atom. The van der Waals surface area contributed by atoms with Crippen molar-refractivity contribution in [2.45, 2.75) is 72.6 Å². The maximum absolute atomic E-state index is 11.9. The van der Waals surface area contributed by atoms with Crippen molar-refractivity contribution in [3.8, 4) is 0 Å². The zero-order valence-corrected chi connectivity index (χ0v) is 11.9. The molecule has 0 heterocycles. The summed E-state index contributed by atoms with van der Waals surface area (Å²) >= 11 is 0. The summed E-state index contributed by atoms with van der Waals surface area (Å²) in [5, 5.41) is 8.89. The van der Waals surface area contributed by atoms with Gasteiger partial charge in [0.25, 0.3) is 0 Å². The van der Waals surface area contributed by atoms with Crippen LogP contribution in [0.15, 0.2) is 0 Å². The van der Waals surface area contributed by atoms with E-state index in [2.05, 4.69) is 13.8 Å². The van der Waals surface area contributed by atoms with Crippen molar-refractivity contribution in [2.75, 3.05) is 0 Å². The predicted molar refractivity (Wildman–Crippen MR) is 70.9 cm³/mol. The van der Waals surface area contributed by atoms with Crippen LogP contribution in [0.25, 0.3) is 0 Å². The van der Waals surface area contributed by atoms with Crippen molar-refractivity contribution in [1.82, 2.24) is 5.48 Å². The molecule has 3 nitrogen and oxygen atoms in total. The van der Waals surface area contributed by atoms with E-state index >= 15 is 0 Å². The molecule has 0 aromatic heterocycles. The summed E-state index contributed by atoms with van der Waals surface area (Å²) in [6, 6.07) is 0. The first-order valence-electron chi connectivity index (χ1n) is 7.04. The van der Waals surface area contributed by atoms with E-state index in [1.807, 2.05) is 19.3 Å². The topological polar surface area (TPSA) is 49.3 Å². The van der Waals surface area contributed by atoms with Crippen LogP contribution in [0.5, 0.6) is 0 Å². The Hall–Kier alpha value is -0.570. The molecular formula is C14H29NO2. The van der Waals surface area contributed by atoms with Gasteiger partial charge >= 0.3 is 0 Å². The summed E-state index contributed by atoms with van der Waals surface area (Å²) in [7, 11) is 0. The molecule has 0 rings (SSSR count). The largest absolute Gasteiger partial charge is 0.289 e. The van der Waals surface area contributed by atoms with E-state index in [1.165, 1.54) is 19.3 Å². The molecule has 0 fully saturated rings. The highest BCUT2D eigenvalue weighted by molar-refractivity contribution is 5.81. The minimum Gasteiger partial charge on any atom is -0.289 e. The first kappa shape index (κ1) is 16.4. The number of carbonyl (C=O) groups is 1. The zero-order valence-electron chi connectivity index (χ0n) is 11.9. The lowest BCUT2D eigenvalue weighted by Crippen LogP contribution is -2.40. The molecule has 1 unspecified atom stereocenters. The van der Waals surface area contributed by atoms with Crippen molar-refractivity contribution in [2.24, 2.45) is 11.3 Å². The third-order valence-electron chi connectivity index (χ3n) is 4.16. The standard InChI is InChI=1S/C14H29NO2/c1-5-9-10-12(6-2)11-14(7-3,8-4)13(16)15-17/h12,17H,5-11H2,1-4H3,(H,15,16). The number of hydroxylamine groups is 1. The van der Waals surface area contributed by atoms with Gasteiger partial charge in [0.05, 0.1) is 5.41 Å². The van der Waals surface area contributed by atoms with E-state index < -0.39 is 0 Å². The van der Waals surface area contributed by atoms with Gasteiger partial charge in [0.2, 0.25) is 5.91 Å². The first-order valence-corrected chi connectivity index (χ1v) is 7.04. The first-order chi connectivity index (χ1) is 8.10. The van der Waals surface area contributed by atoms with Crippen LogP contribution >= 0.6 is 0 Å². The fourth-order valence-corrected chi connectivity index (χ4v) is 2.57. The molecule has 0 saturated carbocycles. The molecule has 0 spiro atoms. The van der Waals surface area contributed by atoms with Crippen LogP contribution in [0.4, 0.5) is 0 Å². The Morgan fingerprint density at radius 1 is 1.24 bits per heavy atom. The minimum atomic E-state index is -0.386. The normalized spacial score (nSPS) is 13.5. The van der Waals surface area contributed by atoms with E-state index in [-0.39, 0.29) is 11.3 Å². The van der Waals surface area contributed by atoms with Gasteiger partial charge in [0, 0.05) is 0 Å². The lowest BCUT2D eigenvalue weighted by Gasteiger charge is -2.32. The average Bonchev–Trinajstić information content (AvgIpc) is 2.39. The van der Waals surface area contributed by atoms with Gasteiger partial charge in [-0.1, -0.05) is 53.4 Å². The molecule has 0 bridgehead atoms.